The molecule has 0 radical (unpaired) electrons. The molecule has 0 spiro atoms. The fourth-order valence-electron chi connectivity index (χ4n) is 2.27. The molecule has 0 aliphatic carbocycles. The number of benzene rings is 2. The van der Waals surface area contributed by atoms with E-state index in [1.807, 2.05) is 30.3 Å². The Labute approximate surface area is 140 Å². The third-order valence-corrected chi connectivity index (χ3v) is 4.54. The van der Waals surface area contributed by atoms with Crippen LogP contribution in [0, 0.1) is 10.1 Å². The first kappa shape index (κ1) is 17.9. The fourth-order valence-corrected chi connectivity index (χ4v) is 3.13. The Morgan fingerprint density at radius 3 is 2.46 bits per heavy atom. The van der Waals surface area contributed by atoms with Gasteiger partial charge in [0, 0.05) is 31.0 Å². The van der Waals surface area contributed by atoms with Crippen LogP contribution in [0.1, 0.15) is 5.56 Å². The second-order valence-electron chi connectivity index (χ2n) is 5.44. The van der Waals surface area contributed by atoms with Crippen molar-refractivity contribution in [3.63, 3.8) is 0 Å². The zero-order chi connectivity index (χ0) is 17.7. The molecule has 2 aromatic rings. The molecule has 0 heterocycles. The average Bonchev–Trinajstić information content (AvgIpc) is 2.52. The maximum atomic E-state index is 11.7. The quantitative estimate of drug-likeness (QED) is 0.584. The summed E-state index contributed by atoms with van der Waals surface area (Å²) in [6.45, 7) is 0.190. The number of nitrogens with one attached hydrogen (secondary N) is 1. The molecule has 128 valence electrons. The fraction of sp³-hybridized carbons (Fsp3) is 0.250. The largest absolute Gasteiger partial charge is 0.391 e. The zero-order valence-corrected chi connectivity index (χ0v) is 13.9. The maximum absolute atomic E-state index is 11.7. The van der Waals surface area contributed by atoms with Crippen molar-refractivity contribution in [3.05, 3.63) is 64.2 Å². The van der Waals surface area contributed by atoms with E-state index in [0.29, 0.717) is 12.1 Å². The molecule has 1 atom stereocenters. The molecule has 8 heteroatoms. The second kappa shape index (κ2) is 7.41. The molecule has 0 bridgehead atoms. The van der Waals surface area contributed by atoms with Gasteiger partial charge in [-0.3, -0.25) is 10.1 Å². The number of hydrogen-bond acceptors (Lipinski definition) is 6. The van der Waals surface area contributed by atoms with Crippen LogP contribution >= 0.6 is 0 Å². The van der Waals surface area contributed by atoms with E-state index in [1.54, 1.807) is 0 Å². The van der Waals surface area contributed by atoms with Crippen molar-refractivity contribution in [2.24, 2.45) is 0 Å². The Morgan fingerprint density at radius 2 is 1.88 bits per heavy atom. The Balaban J connectivity index is 2.09. The Morgan fingerprint density at radius 1 is 1.21 bits per heavy atom. The lowest BCUT2D eigenvalue weighted by molar-refractivity contribution is -0.387. The number of sulfone groups is 1. The number of nitrogens with zero attached hydrogens (tertiary/aromatic N) is 1. The molecular weight excluding hydrogens is 332 g/mol. The van der Waals surface area contributed by atoms with E-state index in [-0.39, 0.29) is 11.4 Å². The Kier molecular flexibility index (Phi) is 5.53. The first-order valence-corrected chi connectivity index (χ1v) is 9.11. The van der Waals surface area contributed by atoms with Gasteiger partial charge >= 0.3 is 0 Å². The highest BCUT2D eigenvalue weighted by Crippen LogP contribution is 2.27. The van der Waals surface area contributed by atoms with Gasteiger partial charge in [-0.05, 0) is 17.7 Å². The van der Waals surface area contributed by atoms with E-state index in [2.05, 4.69) is 5.32 Å². The SMILES string of the molecule is CS(=O)(=O)c1cc(NCC(O)Cc2ccccc2)ccc1[N+](=O)[O-]. The standard InChI is InChI=1S/C16H18N2O5S/c1-24(22,23)16-10-13(7-8-15(16)18(20)21)17-11-14(19)9-12-5-3-2-4-6-12/h2-8,10,14,17,19H,9,11H2,1H3. The van der Waals surface area contributed by atoms with Gasteiger partial charge in [0.2, 0.25) is 0 Å². The number of aliphatic hydroxyl groups is 1. The summed E-state index contributed by atoms with van der Waals surface area (Å²) in [5, 5.41) is 23.9. The predicted octanol–water partition coefficient (Wildman–Crippen LogP) is 2.01. The first-order valence-electron chi connectivity index (χ1n) is 7.21. The van der Waals surface area contributed by atoms with E-state index in [0.717, 1.165) is 17.9 Å². The minimum Gasteiger partial charge on any atom is -0.391 e. The molecule has 0 fully saturated rings. The minimum absolute atomic E-state index is 0.190. The topological polar surface area (TPSA) is 110 Å². The van der Waals surface area contributed by atoms with Gasteiger partial charge in [0.15, 0.2) is 9.84 Å². The van der Waals surface area contributed by atoms with Crippen LogP contribution in [0.4, 0.5) is 11.4 Å². The zero-order valence-electron chi connectivity index (χ0n) is 13.0. The molecule has 0 aliphatic rings. The number of nitro benzene ring substituents is 1. The molecule has 0 saturated carbocycles. The highest BCUT2D eigenvalue weighted by atomic mass is 32.2. The number of nitro groups is 1. The van der Waals surface area contributed by atoms with E-state index in [1.165, 1.54) is 12.1 Å². The third kappa shape index (κ3) is 4.77. The summed E-state index contributed by atoms with van der Waals surface area (Å²) in [5.74, 6) is 0. The lowest BCUT2D eigenvalue weighted by atomic mass is 10.1. The number of aliphatic hydroxyl groups excluding tert-OH is 1. The molecular formula is C16H18N2O5S. The Hall–Kier alpha value is -2.45. The first-order chi connectivity index (χ1) is 11.3. The van der Waals surface area contributed by atoms with Crippen LogP contribution in [0.15, 0.2) is 53.4 Å². The number of anilines is 1. The molecule has 0 aliphatic heterocycles. The van der Waals surface area contributed by atoms with Crippen molar-refractivity contribution in [2.45, 2.75) is 17.4 Å². The molecule has 0 saturated heterocycles. The lowest BCUT2D eigenvalue weighted by Gasteiger charge is -2.13. The van der Waals surface area contributed by atoms with E-state index < -0.39 is 26.6 Å². The van der Waals surface area contributed by atoms with Gasteiger partial charge in [0.1, 0.15) is 4.90 Å². The maximum Gasteiger partial charge on any atom is 0.288 e. The van der Waals surface area contributed by atoms with Crippen LogP contribution < -0.4 is 5.32 Å². The van der Waals surface area contributed by atoms with Crippen LogP contribution in [0.2, 0.25) is 0 Å². The normalized spacial score (nSPS) is 12.6. The molecule has 0 aromatic heterocycles. The molecule has 7 nitrogen and oxygen atoms in total. The van der Waals surface area contributed by atoms with Gasteiger partial charge in [0.25, 0.3) is 5.69 Å². The van der Waals surface area contributed by atoms with Crippen LogP contribution in [-0.4, -0.2) is 37.4 Å². The van der Waals surface area contributed by atoms with Crippen molar-refractivity contribution in [1.29, 1.82) is 0 Å². The molecule has 1 unspecified atom stereocenters. The summed E-state index contributed by atoms with van der Waals surface area (Å²) < 4.78 is 23.4. The summed E-state index contributed by atoms with van der Waals surface area (Å²) in [6, 6.07) is 13.2. The molecule has 2 rings (SSSR count). The monoisotopic (exact) mass is 350 g/mol. The predicted molar refractivity (Wildman–Crippen MR) is 90.8 cm³/mol. The van der Waals surface area contributed by atoms with Crippen LogP contribution in [0.3, 0.4) is 0 Å². The summed E-state index contributed by atoms with van der Waals surface area (Å²) in [5.41, 5.74) is 0.911. The van der Waals surface area contributed by atoms with Gasteiger partial charge < -0.3 is 10.4 Å². The van der Waals surface area contributed by atoms with Crippen molar-refractivity contribution >= 4 is 21.2 Å². The highest BCUT2D eigenvalue weighted by Gasteiger charge is 2.22. The van der Waals surface area contributed by atoms with Crippen molar-refractivity contribution in [2.75, 3.05) is 18.1 Å². The third-order valence-electron chi connectivity index (χ3n) is 3.41. The van der Waals surface area contributed by atoms with Gasteiger partial charge in [-0.25, -0.2) is 8.42 Å². The summed E-state index contributed by atoms with van der Waals surface area (Å²) in [6.07, 6.45) is 0.688. The second-order valence-corrected chi connectivity index (χ2v) is 7.42. The molecule has 2 aromatic carbocycles. The van der Waals surface area contributed by atoms with E-state index >= 15 is 0 Å². The Bertz CT molecular complexity index is 822. The van der Waals surface area contributed by atoms with Crippen LogP contribution in [0.25, 0.3) is 0 Å². The van der Waals surface area contributed by atoms with Crippen LogP contribution in [-0.2, 0) is 16.3 Å². The highest BCUT2D eigenvalue weighted by molar-refractivity contribution is 7.90. The van der Waals surface area contributed by atoms with Gasteiger partial charge in [-0.2, -0.15) is 0 Å². The van der Waals surface area contributed by atoms with Gasteiger partial charge in [0.05, 0.1) is 11.0 Å². The van der Waals surface area contributed by atoms with Crippen molar-refractivity contribution in [3.8, 4) is 0 Å². The smallest absolute Gasteiger partial charge is 0.288 e. The average molecular weight is 350 g/mol. The van der Waals surface area contributed by atoms with Gasteiger partial charge in [-0.15, -0.1) is 0 Å². The van der Waals surface area contributed by atoms with Gasteiger partial charge in [-0.1, -0.05) is 30.3 Å². The van der Waals surface area contributed by atoms with E-state index in [9.17, 15) is 23.6 Å². The number of hydrogen-bond donors (Lipinski definition) is 2. The minimum atomic E-state index is -3.73. The molecule has 0 amide bonds. The summed E-state index contributed by atoms with van der Waals surface area (Å²) in [7, 11) is -3.73. The number of rotatable bonds is 7. The van der Waals surface area contributed by atoms with Crippen molar-refractivity contribution in [1.82, 2.24) is 0 Å². The molecule has 24 heavy (non-hydrogen) atoms. The summed E-state index contributed by atoms with van der Waals surface area (Å²) in [4.78, 5) is 9.85. The molecule has 2 N–H and O–H groups in total. The lowest BCUT2D eigenvalue weighted by Crippen LogP contribution is -2.22. The summed E-state index contributed by atoms with van der Waals surface area (Å²) >= 11 is 0. The van der Waals surface area contributed by atoms with E-state index in [4.69, 9.17) is 0 Å². The van der Waals surface area contributed by atoms with Crippen molar-refractivity contribution < 1.29 is 18.4 Å². The van der Waals surface area contributed by atoms with Crippen LogP contribution in [0.5, 0.6) is 0 Å².